The van der Waals surface area contributed by atoms with Crippen LogP contribution >= 0.6 is 0 Å². The third kappa shape index (κ3) is 3.54. The quantitative estimate of drug-likeness (QED) is 0.808. The Kier molecular flexibility index (Phi) is 4.93. The highest BCUT2D eigenvalue weighted by Gasteiger charge is 2.18. The number of hydrogen-bond acceptors (Lipinski definition) is 5. The fourth-order valence-electron chi connectivity index (χ4n) is 2.29. The molecule has 1 aliphatic rings. The molecule has 2 rings (SSSR count). The molecule has 1 saturated heterocycles. The number of aryl methyl sites for hydroxylation is 1. The molecule has 1 fully saturated rings. The van der Waals surface area contributed by atoms with Crippen LogP contribution in [0, 0.1) is 0 Å². The largest absolute Gasteiger partial charge is 0.462 e. The molecule has 1 aromatic heterocycles. The van der Waals surface area contributed by atoms with Crippen LogP contribution in [0.1, 0.15) is 42.2 Å². The van der Waals surface area contributed by atoms with Crippen LogP contribution in [-0.4, -0.2) is 40.5 Å². The third-order valence-corrected chi connectivity index (χ3v) is 3.38. The van der Waals surface area contributed by atoms with Gasteiger partial charge in [-0.25, -0.2) is 15.2 Å². The Morgan fingerprint density at radius 3 is 2.84 bits per heavy atom. The summed E-state index contributed by atoms with van der Waals surface area (Å²) in [5.41, 5.74) is 4.78. The highest BCUT2D eigenvalue weighted by molar-refractivity contribution is 5.90. The maximum atomic E-state index is 11.8. The summed E-state index contributed by atoms with van der Waals surface area (Å²) in [7, 11) is 1.84. The molecule has 1 N–H and O–H groups in total. The molecule has 0 aliphatic carbocycles. The van der Waals surface area contributed by atoms with Gasteiger partial charge in [-0.15, -0.1) is 0 Å². The van der Waals surface area contributed by atoms with Crippen molar-refractivity contribution < 1.29 is 9.53 Å². The van der Waals surface area contributed by atoms with Gasteiger partial charge in [0.2, 0.25) is 0 Å². The Morgan fingerprint density at radius 2 is 2.16 bits per heavy atom. The Labute approximate surface area is 113 Å². The van der Waals surface area contributed by atoms with Gasteiger partial charge in [0.15, 0.2) is 0 Å². The molecule has 0 radical (unpaired) electrons. The first-order valence-electron chi connectivity index (χ1n) is 6.88. The molecule has 0 aromatic carbocycles. The maximum absolute atomic E-state index is 11.8. The topological polar surface area (TPSA) is 59.4 Å². The zero-order valence-electron chi connectivity index (χ0n) is 11.7. The summed E-state index contributed by atoms with van der Waals surface area (Å²) in [5.74, 6) is -0.300. The highest BCUT2D eigenvalue weighted by Crippen LogP contribution is 2.11. The smallest absolute Gasteiger partial charge is 0.341 e. The molecule has 6 heteroatoms. The van der Waals surface area contributed by atoms with Gasteiger partial charge in [-0.3, -0.25) is 4.68 Å². The first kappa shape index (κ1) is 14.0. The van der Waals surface area contributed by atoms with E-state index in [0.717, 1.165) is 18.8 Å². The molecule has 106 valence electrons. The molecule has 1 aliphatic heterocycles. The van der Waals surface area contributed by atoms with Crippen LogP contribution in [0.2, 0.25) is 0 Å². The lowest BCUT2D eigenvalue weighted by Gasteiger charge is -2.27. The van der Waals surface area contributed by atoms with Gasteiger partial charge >= 0.3 is 5.97 Å². The van der Waals surface area contributed by atoms with Gasteiger partial charge in [-0.1, -0.05) is 6.42 Å². The van der Waals surface area contributed by atoms with Gasteiger partial charge in [-0.2, -0.15) is 5.10 Å². The van der Waals surface area contributed by atoms with Crippen LogP contribution in [0.5, 0.6) is 0 Å². The maximum Gasteiger partial charge on any atom is 0.341 e. The molecular formula is C13H22N4O2. The number of ether oxygens (including phenoxy) is 1. The molecule has 1 aromatic rings. The lowest BCUT2D eigenvalue weighted by Crippen LogP contribution is -2.41. The molecule has 0 amide bonds. The minimum absolute atomic E-state index is 0.300. The molecular weight excluding hydrogens is 244 g/mol. The first-order valence-corrected chi connectivity index (χ1v) is 6.88. The lowest BCUT2D eigenvalue weighted by molar-refractivity contribution is 0.0523. The summed E-state index contributed by atoms with van der Waals surface area (Å²) in [6, 6.07) is 0. The van der Waals surface area contributed by atoms with E-state index in [4.69, 9.17) is 4.74 Å². The number of hydrogen-bond donors (Lipinski definition) is 1. The van der Waals surface area contributed by atoms with E-state index in [1.807, 2.05) is 7.05 Å². The number of carbonyl (C=O) groups excluding carboxylic acids is 1. The number of esters is 1. The van der Waals surface area contributed by atoms with E-state index in [9.17, 15) is 4.79 Å². The van der Waals surface area contributed by atoms with E-state index in [-0.39, 0.29) is 5.97 Å². The van der Waals surface area contributed by atoms with Crippen molar-refractivity contribution in [3.05, 3.63) is 17.5 Å². The van der Waals surface area contributed by atoms with Gasteiger partial charge in [0, 0.05) is 20.1 Å². The van der Waals surface area contributed by atoms with Gasteiger partial charge in [0.25, 0.3) is 0 Å². The predicted molar refractivity (Wildman–Crippen MR) is 71.4 cm³/mol. The average molecular weight is 266 g/mol. The Balaban J connectivity index is 1.98. The average Bonchev–Trinajstić information content (AvgIpc) is 2.79. The van der Waals surface area contributed by atoms with Gasteiger partial charge in [-0.05, 0) is 19.8 Å². The lowest BCUT2D eigenvalue weighted by atomic mass is 10.2. The Bertz CT molecular complexity index is 424. The van der Waals surface area contributed by atoms with Crippen molar-refractivity contribution in [1.82, 2.24) is 20.2 Å². The van der Waals surface area contributed by atoms with Crippen LogP contribution in [0.4, 0.5) is 0 Å². The first-order chi connectivity index (χ1) is 9.22. The van der Waals surface area contributed by atoms with Crippen LogP contribution in [-0.2, 0) is 18.3 Å². The number of nitrogens with zero attached hydrogens (tertiary/aromatic N) is 3. The fourth-order valence-corrected chi connectivity index (χ4v) is 2.29. The Hall–Kier alpha value is -1.40. The number of nitrogens with one attached hydrogen (secondary N) is 1. The molecule has 0 unspecified atom stereocenters. The van der Waals surface area contributed by atoms with Crippen LogP contribution in [0.3, 0.4) is 0 Å². The highest BCUT2D eigenvalue weighted by atomic mass is 16.5. The van der Waals surface area contributed by atoms with Crippen molar-refractivity contribution in [1.29, 1.82) is 0 Å². The number of aromatic nitrogens is 2. The van der Waals surface area contributed by atoms with Crippen molar-refractivity contribution in [2.45, 2.75) is 32.7 Å². The number of piperidine rings is 1. The molecule has 0 atom stereocenters. The number of rotatable bonds is 5. The van der Waals surface area contributed by atoms with Crippen molar-refractivity contribution in [2.24, 2.45) is 7.05 Å². The van der Waals surface area contributed by atoms with Crippen molar-refractivity contribution in [3.63, 3.8) is 0 Å². The van der Waals surface area contributed by atoms with Gasteiger partial charge in [0.05, 0.1) is 25.0 Å². The van der Waals surface area contributed by atoms with E-state index >= 15 is 0 Å². The molecule has 0 saturated carbocycles. The SMILES string of the molecule is CCOC(=O)c1cnn(C)c1CNN1CCCCC1. The second-order valence-corrected chi connectivity index (χ2v) is 4.73. The minimum Gasteiger partial charge on any atom is -0.462 e. The summed E-state index contributed by atoms with van der Waals surface area (Å²) >= 11 is 0. The van der Waals surface area contributed by atoms with E-state index in [0.29, 0.717) is 18.7 Å². The van der Waals surface area contributed by atoms with E-state index < -0.39 is 0 Å². The predicted octanol–water partition coefficient (Wildman–Crippen LogP) is 1.09. The van der Waals surface area contributed by atoms with Gasteiger partial charge in [0.1, 0.15) is 5.56 Å². The van der Waals surface area contributed by atoms with Crippen LogP contribution in [0.25, 0.3) is 0 Å². The van der Waals surface area contributed by atoms with Gasteiger partial charge < -0.3 is 4.74 Å². The van der Waals surface area contributed by atoms with Crippen molar-refractivity contribution in [3.8, 4) is 0 Å². The van der Waals surface area contributed by atoms with E-state index in [1.54, 1.807) is 17.8 Å². The summed E-state index contributed by atoms with van der Waals surface area (Å²) in [6.45, 7) is 4.91. The molecule has 0 spiro atoms. The summed E-state index contributed by atoms with van der Waals surface area (Å²) in [4.78, 5) is 11.8. The van der Waals surface area contributed by atoms with Crippen LogP contribution < -0.4 is 5.43 Å². The molecule has 2 heterocycles. The second kappa shape index (κ2) is 6.68. The summed E-state index contributed by atoms with van der Waals surface area (Å²) < 4.78 is 6.77. The van der Waals surface area contributed by atoms with E-state index in [1.165, 1.54) is 19.3 Å². The standard InChI is InChI=1S/C13H22N4O2/c1-3-19-13(18)11-9-14-16(2)12(11)10-15-17-7-5-4-6-8-17/h9,15H,3-8,10H2,1-2H3. The monoisotopic (exact) mass is 266 g/mol. The van der Waals surface area contributed by atoms with Crippen molar-refractivity contribution >= 4 is 5.97 Å². The third-order valence-electron chi connectivity index (χ3n) is 3.38. The minimum atomic E-state index is -0.300. The molecule has 6 nitrogen and oxygen atoms in total. The fraction of sp³-hybridized carbons (Fsp3) is 0.692. The summed E-state index contributed by atoms with van der Waals surface area (Å²) in [5, 5.41) is 6.35. The molecule has 19 heavy (non-hydrogen) atoms. The number of carbonyl (C=O) groups is 1. The normalized spacial score (nSPS) is 16.5. The Morgan fingerprint density at radius 1 is 1.42 bits per heavy atom. The molecule has 0 bridgehead atoms. The van der Waals surface area contributed by atoms with Crippen molar-refractivity contribution in [2.75, 3.05) is 19.7 Å². The van der Waals surface area contributed by atoms with Crippen LogP contribution in [0.15, 0.2) is 6.20 Å². The van der Waals surface area contributed by atoms with E-state index in [2.05, 4.69) is 15.5 Å². The second-order valence-electron chi connectivity index (χ2n) is 4.73. The number of hydrazine groups is 1. The zero-order valence-corrected chi connectivity index (χ0v) is 11.7. The summed E-state index contributed by atoms with van der Waals surface area (Å²) in [6.07, 6.45) is 5.33. The zero-order chi connectivity index (χ0) is 13.7.